The van der Waals surface area contributed by atoms with Crippen molar-refractivity contribution in [2.45, 2.75) is 193 Å². The van der Waals surface area contributed by atoms with E-state index in [1.165, 1.54) is 116 Å². The van der Waals surface area contributed by atoms with Crippen LogP contribution >= 0.6 is 7.82 Å². The molecule has 0 spiro atoms. The van der Waals surface area contributed by atoms with E-state index < -0.39 is 26.6 Å². The average Bonchev–Trinajstić information content (AvgIpc) is 3.12. The molecule has 0 saturated carbocycles. The van der Waals surface area contributed by atoms with Gasteiger partial charge in [-0.15, -0.1) is 0 Å². The first kappa shape index (κ1) is 52.5. The number of phosphoric ester groups is 1. The molecule has 0 saturated heterocycles. The van der Waals surface area contributed by atoms with Crippen LogP contribution in [0.2, 0.25) is 0 Å². The van der Waals surface area contributed by atoms with Crippen LogP contribution in [0.1, 0.15) is 181 Å². The normalized spacial score (nSPS) is 14.9. The van der Waals surface area contributed by atoms with Gasteiger partial charge in [0, 0.05) is 6.42 Å². The number of allylic oxidation sites excluding steroid dienone is 7. The van der Waals surface area contributed by atoms with Crippen molar-refractivity contribution in [2.75, 3.05) is 40.9 Å². The molecule has 0 aliphatic carbocycles. The largest absolute Gasteiger partial charge is 0.756 e. The Morgan fingerprint density at radius 3 is 1.50 bits per heavy atom. The summed E-state index contributed by atoms with van der Waals surface area (Å²) in [6, 6.07) is -0.910. The Bertz CT molecular complexity index is 1020. The number of carbonyl (C=O) groups is 1. The molecule has 0 rings (SSSR count). The predicted octanol–water partition coefficient (Wildman–Crippen LogP) is 11.4. The summed E-state index contributed by atoms with van der Waals surface area (Å²) in [5.41, 5.74) is 0. The van der Waals surface area contributed by atoms with Crippen molar-refractivity contribution in [3.05, 3.63) is 48.6 Å². The monoisotopic (exact) mass is 781 g/mol. The Hall–Kier alpha value is -1.54. The van der Waals surface area contributed by atoms with Gasteiger partial charge in [-0.2, -0.15) is 0 Å². The van der Waals surface area contributed by atoms with Crippen LogP contribution in [0.4, 0.5) is 0 Å². The van der Waals surface area contributed by atoms with E-state index in [9.17, 15) is 19.4 Å². The van der Waals surface area contributed by atoms with E-state index in [2.05, 4.69) is 55.6 Å². The smallest absolute Gasteiger partial charge is 0.268 e. The zero-order valence-electron chi connectivity index (χ0n) is 35.7. The second-order valence-electron chi connectivity index (χ2n) is 16.0. The van der Waals surface area contributed by atoms with E-state index in [-0.39, 0.29) is 12.5 Å². The number of unbranched alkanes of at least 4 members (excludes halogenated alkanes) is 20. The van der Waals surface area contributed by atoms with Crippen LogP contribution < -0.4 is 10.2 Å². The van der Waals surface area contributed by atoms with Crippen LogP contribution in [0.3, 0.4) is 0 Å². The number of phosphoric acid groups is 1. The summed E-state index contributed by atoms with van der Waals surface area (Å²) in [5.74, 6) is -0.219. The summed E-state index contributed by atoms with van der Waals surface area (Å²) in [6.45, 7) is 4.58. The van der Waals surface area contributed by atoms with Crippen molar-refractivity contribution < 1.29 is 32.9 Å². The fraction of sp³-hybridized carbons (Fsp3) is 0.800. The van der Waals surface area contributed by atoms with Gasteiger partial charge in [0.25, 0.3) is 7.82 Å². The lowest BCUT2D eigenvalue weighted by Gasteiger charge is -2.29. The number of rotatable bonds is 39. The average molecular weight is 781 g/mol. The molecule has 316 valence electrons. The summed E-state index contributed by atoms with van der Waals surface area (Å²) >= 11 is 0. The number of carbonyl (C=O) groups excluding carboxylic acids is 1. The van der Waals surface area contributed by atoms with Gasteiger partial charge in [-0.25, -0.2) is 0 Å². The number of quaternary nitrogens is 1. The maximum atomic E-state index is 12.8. The molecule has 2 N–H and O–H groups in total. The summed E-state index contributed by atoms with van der Waals surface area (Å²) in [7, 11) is 1.23. The van der Waals surface area contributed by atoms with Crippen molar-refractivity contribution >= 4 is 13.7 Å². The topological polar surface area (TPSA) is 108 Å². The summed E-state index contributed by atoms with van der Waals surface area (Å²) in [5, 5.41) is 13.7. The molecule has 8 nitrogen and oxygen atoms in total. The van der Waals surface area contributed by atoms with Gasteiger partial charge in [0.1, 0.15) is 13.2 Å². The molecule has 0 bridgehead atoms. The lowest BCUT2D eigenvalue weighted by Crippen LogP contribution is -2.45. The molecule has 0 radical (unpaired) electrons. The highest BCUT2D eigenvalue weighted by Crippen LogP contribution is 2.38. The molecule has 3 unspecified atom stereocenters. The Kier molecular flexibility index (Phi) is 36.0. The SMILES string of the molecule is CCCCCCC/C=C/CC/C=C/CC/C=C/C(O)C(COP(=O)([O-])OCC[N+](C)(C)C)NC(=O)CCCCCCCCC/C=C\CCCCCCCC. The number of likely N-dealkylation sites (N-methyl/N-ethyl adjacent to an activating group) is 1. The van der Waals surface area contributed by atoms with E-state index >= 15 is 0 Å². The first-order valence-electron chi connectivity index (χ1n) is 22.0. The molecular formula is C45H85N2O6P. The molecule has 9 heteroatoms. The maximum Gasteiger partial charge on any atom is 0.268 e. The molecule has 1 amide bonds. The minimum Gasteiger partial charge on any atom is -0.756 e. The number of hydrogen-bond acceptors (Lipinski definition) is 6. The Morgan fingerprint density at radius 2 is 1.04 bits per heavy atom. The molecular weight excluding hydrogens is 695 g/mol. The predicted molar refractivity (Wildman–Crippen MR) is 228 cm³/mol. The van der Waals surface area contributed by atoms with E-state index in [0.717, 1.165) is 44.9 Å². The van der Waals surface area contributed by atoms with Gasteiger partial charge in [-0.1, -0.05) is 152 Å². The third kappa shape index (κ3) is 38.7. The summed E-state index contributed by atoms with van der Waals surface area (Å²) in [4.78, 5) is 25.3. The number of aliphatic hydroxyl groups excluding tert-OH is 1. The number of nitrogens with zero attached hydrogens (tertiary/aromatic N) is 1. The van der Waals surface area contributed by atoms with Gasteiger partial charge in [-0.05, 0) is 70.6 Å². The molecule has 0 aromatic heterocycles. The van der Waals surface area contributed by atoms with Gasteiger partial charge < -0.3 is 28.8 Å². The quantitative estimate of drug-likeness (QED) is 0.0278. The summed E-state index contributed by atoms with van der Waals surface area (Å²) in [6.07, 6.45) is 45.8. The molecule has 0 fully saturated rings. The fourth-order valence-corrected chi connectivity index (χ4v) is 6.66. The van der Waals surface area contributed by atoms with Crippen LogP contribution in [-0.2, 0) is 18.4 Å². The number of aliphatic hydroxyl groups is 1. The van der Waals surface area contributed by atoms with Crippen LogP contribution in [0.5, 0.6) is 0 Å². The molecule has 0 heterocycles. The molecule has 54 heavy (non-hydrogen) atoms. The number of hydrogen-bond donors (Lipinski definition) is 2. The van der Waals surface area contributed by atoms with Crippen molar-refractivity contribution in [3.63, 3.8) is 0 Å². The highest BCUT2D eigenvalue weighted by atomic mass is 31.2. The van der Waals surface area contributed by atoms with Gasteiger partial charge in [0.2, 0.25) is 5.91 Å². The third-order valence-corrected chi connectivity index (χ3v) is 10.5. The van der Waals surface area contributed by atoms with Crippen LogP contribution in [-0.4, -0.2) is 68.5 Å². The number of nitrogens with one attached hydrogen (secondary N) is 1. The maximum absolute atomic E-state index is 12.8. The van der Waals surface area contributed by atoms with E-state index in [4.69, 9.17) is 9.05 Å². The van der Waals surface area contributed by atoms with E-state index in [1.807, 2.05) is 27.2 Å². The Labute approximate surface area is 333 Å². The van der Waals surface area contributed by atoms with Gasteiger partial charge in [-0.3, -0.25) is 9.36 Å². The van der Waals surface area contributed by atoms with E-state index in [1.54, 1.807) is 6.08 Å². The third-order valence-electron chi connectivity index (χ3n) is 9.49. The minimum atomic E-state index is -4.60. The molecule has 0 aromatic carbocycles. The Morgan fingerprint density at radius 1 is 0.630 bits per heavy atom. The second kappa shape index (κ2) is 37.1. The molecule has 0 aliphatic heterocycles. The zero-order valence-corrected chi connectivity index (χ0v) is 36.6. The van der Waals surface area contributed by atoms with Crippen molar-refractivity contribution in [1.82, 2.24) is 5.32 Å². The second-order valence-corrected chi connectivity index (χ2v) is 17.4. The lowest BCUT2D eigenvalue weighted by molar-refractivity contribution is -0.870. The molecule has 0 aliphatic rings. The highest BCUT2D eigenvalue weighted by molar-refractivity contribution is 7.45. The van der Waals surface area contributed by atoms with Crippen LogP contribution in [0.15, 0.2) is 48.6 Å². The number of amides is 1. The van der Waals surface area contributed by atoms with Crippen molar-refractivity contribution in [3.8, 4) is 0 Å². The molecule has 3 atom stereocenters. The van der Waals surface area contributed by atoms with Crippen molar-refractivity contribution in [1.29, 1.82) is 0 Å². The first-order valence-corrected chi connectivity index (χ1v) is 23.5. The van der Waals surface area contributed by atoms with Gasteiger partial charge >= 0.3 is 0 Å². The first-order chi connectivity index (χ1) is 26.0. The fourth-order valence-electron chi connectivity index (χ4n) is 5.94. The highest BCUT2D eigenvalue weighted by Gasteiger charge is 2.23. The Balaban J connectivity index is 4.51. The van der Waals surface area contributed by atoms with Gasteiger partial charge in [0.15, 0.2) is 0 Å². The van der Waals surface area contributed by atoms with Crippen molar-refractivity contribution in [2.24, 2.45) is 0 Å². The van der Waals surface area contributed by atoms with Crippen LogP contribution in [0.25, 0.3) is 0 Å². The minimum absolute atomic E-state index is 0.0109. The summed E-state index contributed by atoms with van der Waals surface area (Å²) < 4.78 is 23.1. The zero-order chi connectivity index (χ0) is 40.0. The molecule has 0 aromatic rings. The van der Waals surface area contributed by atoms with E-state index in [0.29, 0.717) is 17.4 Å². The standard InChI is InChI=1S/C45H85N2O6P/c1-6-8-10-12-14-16-18-20-22-23-25-27-29-31-33-35-37-39-45(49)46-43(42-53-54(50,51)52-41-40-47(3,4)5)44(48)38-36-34-32-30-28-26-24-21-19-17-15-13-11-9-7-2/h19-22,28,30,36,38,43-44,48H,6-18,23-27,29,31-35,37,39-42H2,1-5H3,(H-,46,49,50,51)/b21-19+,22-20-,30-28+,38-36+. The van der Waals surface area contributed by atoms with Crippen LogP contribution in [0, 0.1) is 0 Å². The van der Waals surface area contributed by atoms with Gasteiger partial charge in [0.05, 0.1) is 39.9 Å². The lowest BCUT2D eigenvalue weighted by atomic mass is 10.1.